The van der Waals surface area contributed by atoms with Crippen LogP contribution in [0.5, 0.6) is 5.75 Å². The van der Waals surface area contributed by atoms with E-state index in [-0.39, 0.29) is 29.9 Å². The highest BCUT2D eigenvalue weighted by atomic mass is 19.1. The number of amides is 1. The van der Waals surface area contributed by atoms with Crippen LogP contribution in [0.2, 0.25) is 0 Å². The molecule has 1 aromatic heterocycles. The van der Waals surface area contributed by atoms with Gasteiger partial charge in [0.2, 0.25) is 0 Å². The first-order chi connectivity index (χ1) is 12.1. The summed E-state index contributed by atoms with van der Waals surface area (Å²) in [5.74, 6) is -0.305. The van der Waals surface area contributed by atoms with E-state index in [1.807, 2.05) is 4.90 Å². The SMILES string of the molecule is COc1ccc(C(=O)N[C@@H]2CN(c3ccncn3)C[C@H]2CO)cc1F. The summed E-state index contributed by atoms with van der Waals surface area (Å²) in [5, 5.41) is 12.5. The zero-order chi connectivity index (χ0) is 17.8. The van der Waals surface area contributed by atoms with Crippen LogP contribution in [0.3, 0.4) is 0 Å². The van der Waals surface area contributed by atoms with Crippen molar-refractivity contribution in [2.24, 2.45) is 5.92 Å². The number of carbonyl (C=O) groups is 1. The molecule has 1 fully saturated rings. The summed E-state index contributed by atoms with van der Waals surface area (Å²) in [6, 6.07) is 5.56. The number of halogens is 1. The second-order valence-corrected chi connectivity index (χ2v) is 5.84. The van der Waals surface area contributed by atoms with Gasteiger partial charge in [0.25, 0.3) is 5.91 Å². The molecule has 1 saturated heterocycles. The van der Waals surface area contributed by atoms with Gasteiger partial charge in [0, 0.05) is 37.4 Å². The van der Waals surface area contributed by atoms with Crippen molar-refractivity contribution in [3.8, 4) is 5.75 Å². The van der Waals surface area contributed by atoms with E-state index in [0.717, 1.165) is 11.9 Å². The first kappa shape index (κ1) is 17.1. The predicted octanol–water partition coefficient (Wildman–Crippen LogP) is 0.851. The van der Waals surface area contributed by atoms with Gasteiger partial charge in [-0.05, 0) is 24.3 Å². The molecule has 1 aliphatic heterocycles. The maximum Gasteiger partial charge on any atom is 0.251 e. The van der Waals surface area contributed by atoms with Crippen LogP contribution < -0.4 is 15.0 Å². The molecule has 0 spiro atoms. The van der Waals surface area contributed by atoms with Gasteiger partial charge < -0.3 is 20.1 Å². The number of hydrogen-bond donors (Lipinski definition) is 2. The number of ether oxygens (including phenoxy) is 1. The van der Waals surface area contributed by atoms with Gasteiger partial charge >= 0.3 is 0 Å². The molecule has 25 heavy (non-hydrogen) atoms. The third kappa shape index (κ3) is 3.69. The van der Waals surface area contributed by atoms with Gasteiger partial charge in [0.05, 0.1) is 13.2 Å². The fourth-order valence-electron chi connectivity index (χ4n) is 2.94. The fourth-order valence-corrected chi connectivity index (χ4v) is 2.94. The van der Waals surface area contributed by atoms with Crippen molar-refractivity contribution in [2.75, 3.05) is 31.7 Å². The molecule has 1 amide bonds. The third-order valence-corrected chi connectivity index (χ3v) is 4.30. The number of aliphatic hydroxyl groups is 1. The Morgan fingerprint density at radius 3 is 2.92 bits per heavy atom. The smallest absolute Gasteiger partial charge is 0.251 e. The molecular weight excluding hydrogens is 327 g/mol. The Bertz CT molecular complexity index is 744. The lowest BCUT2D eigenvalue weighted by molar-refractivity contribution is 0.0921. The van der Waals surface area contributed by atoms with Crippen molar-refractivity contribution in [3.05, 3.63) is 48.2 Å². The molecule has 0 bridgehead atoms. The first-order valence-electron chi connectivity index (χ1n) is 7.88. The monoisotopic (exact) mass is 346 g/mol. The maximum atomic E-state index is 13.8. The van der Waals surface area contributed by atoms with Crippen molar-refractivity contribution < 1.29 is 19.0 Å². The average Bonchev–Trinajstić information content (AvgIpc) is 3.05. The second kappa shape index (κ2) is 7.43. The number of hydrogen-bond acceptors (Lipinski definition) is 6. The summed E-state index contributed by atoms with van der Waals surface area (Å²) in [4.78, 5) is 22.5. The highest BCUT2D eigenvalue weighted by Crippen LogP contribution is 2.23. The predicted molar refractivity (Wildman–Crippen MR) is 89.0 cm³/mol. The lowest BCUT2D eigenvalue weighted by Crippen LogP contribution is -2.41. The number of carbonyl (C=O) groups excluding carboxylic acids is 1. The molecule has 0 radical (unpaired) electrons. The first-order valence-corrected chi connectivity index (χ1v) is 7.88. The Morgan fingerprint density at radius 2 is 2.28 bits per heavy atom. The van der Waals surface area contributed by atoms with E-state index < -0.39 is 11.7 Å². The number of methoxy groups -OCH3 is 1. The van der Waals surface area contributed by atoms with Crippen LogP contribution in [0.15, 0.2) is 36.8 Å². The molecule has 2 heterocycles. The number of aliphatic hydroxyl groups excluding tert-OH is 1. The minimum absolute atomic E-state index is 0.0660. The normalized spacial score (nSPS) is 19.7. The van der Waals surface area contributed by atoms with Crippen molar-refractivity contribution >= 4 is 11.7 Å². The van der Waals surface area contributed by atoms with E-state index in [2.05, 4.69) is 15.3 Å². The molecular formula is C17H19FN4O3. The Morgan fingerprint density at radius 1 is 1.44 bits per heavy atom. The Kier molecular flexibility index (Phi) is 5.08. The number of aromatic nitrogens is 2. The standard InChI is InChI=1S/C17H19FN4O3/c1-25-15-3-2-11(6-13(15)18)17(24)21-14-8-22(7-12(14)9-23)16-4-5-19-10-20-16/h2-6,10,12,14,23H,7-9H2,1H3,(H,21,24)/t12-,14+/m0/s1. The van der Waals surface area contributed by atoms with Gasteiger partial charge in [-0.15, -0.1) is 0 Å². The zero-order valence-corrected chi connectivity index (χ0v) is 13.7. The summed E-state index contributed by atoms with van der Waals surface area (Å²) < 4.78 is 18.6. The number of rotatable bonds is 5. The van der Waals surface area contributed by atoms with E-state index in [1.54, 1.807) is 12.3 Å². The molecule has 0 aliphatic carbocycles. The number of nitrogens with zero attached hydrogens (tertiary/aromatic N) is 3. The molecule has 2 atom stereocenters. The van der Waals surface area contributed by atoms with Crippen LogP contribution in [-0.2, 0) is 0 Å². The van der Waals surface area contributed by atoms with E-state index in [4.69, 9.17) is 4.74 Å². The Hall–Kier alpha value is -2.74. The summed E-state index contributed by atoms with van der Waals surface area (Å²) in [7, 11) is 1.37. The number of nitrogens with one attached hydrogen (secondary N) is 1. The quantitative estimate of drug-likeness (QED) is 0.835. The van der Waals surface area contributed by atoms with Gasteiger partial charge in [-0.25, -0.2) is 14.4 Å². The molecule has 2 aromatic rings. The van der Waals surface area contributed by atoms with Gasteiger partial charge in [0.1, 0.15) is 12.1 Å². The van der Waals surface area contributed by atoms with E-state index in [9.17, 15) is 14.3 Å². The molecule has 8 heteroatoms. The van der Waals surface area contributed by atoms with Crippen LogP contribution in [0.1, 0.15) is 10.4 Å². The van der Waals surface area contributed by atoms with Crippen LogP contribution >= 0.6 is 0 Å². The highest BCUT2D eigenvalue weighted by molar-refractivity contribution is 5.94. The maximum absolute atomic E-state index is 13.8. The Labute approximate surface area is 144 Å². The fraction of sp³-hybridized carbons (Fsp3) is 0.353. The van der Waals surface area contributed by atoms with Gasteiger partial charge in [0.15, 0.2) is 11.6 Å². The van der Waals surface area contributed by atoms with Crippen molar-refractivity contribution in [3.63, 3.8) is 0 Å². The van der Waals surface area contributed by atoms with Crippen molar-refractivity contribution in [2.45, 2.75) is 6.04 Å². The average molecular weight is 346 g/mol. The zero-order valence-electron chi connectivity index (χ0n) is 13.7. The molecule has 0 unspecified atom stereocenters. The molecule has 132 valence electrons. The minimum Gasteiger partial charge on any atom is -0.494 e. The van der Waals surface area contributed by atoms with Crippen molar-refractivity contribution in [1.82, 2.24) is 15.3 Å². The van der Waals surface area contributed by atoms with Crippen molar-refractivity contribution in [1.29, 1.82) is 0 Å². The molecule has 2 N–H and O–H groups in total. The molecule has 0 saturated carbocycles. The largest absolute Gasteiger partial charge is 0.494 e. The number of benzene rings is 1. The lowest BCUT2D eigenvalue weighted by atomic mass is 10.0. The molecule has 3 rings (SSSR count). The summed E-state index contributed by atoms with van der Waals surface area (Å²) in [5.41, 5.74) is 0.204. The summed E-state index contributed by atoms with van der Waals surface area (Å²) >= 11 is 0. The van der Waals surface area contributed by atoms with Crippen LogP contribution in [-0.4, -0.2) is 53.8 Å². The highest BCUT2D eigenvalue weighted by Gasteiger charge is 2.34. The summed E-state index contributed by atoms with van der Waals surface area (Å²) in [6.45, 7) is 1.01. The second-order valence-electron chi connectivity index (χ2n) is 5.84. The third-order valence-electron chi connectivity index (χ3n) is 4.30. The molecule has 1 aromatic carbocycles. The van der Waals surface area contributed by atoms with E-state index in [1.165, 1.54) is 25.6 Å². The minimum atomic E-state index is -0.595. The van der Waals surface area contributed by atoms with E-state index in [0.29, 0.717) is 13.1 Å². The Balaban J connectivity index is 1.70. The van der Waals surface area contributed by atoms with Gasteiger partial charge in [-0.2, -0.15) is 0 Å². The molecule has 1 aliphatic rings. The van der Waals surface area contributed by atoms with Crippen LogP contribution in [0.4, 0.5) is 10.2 Å². The van der Waals surface area contributed by atoms with E-state index >= 15 is 0 Å². The van der Waals surface area contributed by atoms with Crippen LogP contribution in [0, 0.1) is 11.7 Å². The van der Waals surface area contributed by atoms with Gasteiger partial charge in [-0.3, -0.25) is 4.79 Å². The van der Waals surface area contributed by atoms with Crippen LogP contribution in [0.25, 0.3) is 0 Å². The van der Waals surface area contributed by atoms with Gasteiger partial charge in [-0.1, -0.05) is 0 Å². The topological polar surface area (TPSA) is 87.6 Å². The lowest BCUT2D eigenvalue weighted by Gasteiger charge is -2.18. The molecule has 7 nitrogen and oxygen atoms in total. The number of anilines is 1. The summed E-state index contributed by atoms with van der Waals surface area (Å²) in [6.07, 6.45) is 3.09.